The molecule has 18 heavy (non-hydrogen) atoms. The minimum Gasteiger partial charge on any atom is -0.489 e. The summed E-state index contributed by atoms with van der Waals surface area (Å²) in [7, 11) is 0. The van der Waals surface area contributed by atoms with E-state index in [-0.39, 0.29) is 6.61 Å². The molecule has 0 saturated heterocycles. The van der Waals surface area contributed by atoms with Crippen LogP contribution in [-0.4, -0.2) is 4.37 Å². The maximum Gasteiger partial charge on any atom is 0.416 e. The molecule has 1 heterocycles. The maximum atomic E-state index is 12.3. The van der Waals surface area contributed by atoms with Crippen LogP contribution in [0.5, 0.6) is 5.75 Å². The number of nitrogen functional groups attached to an aromatic ring is 1. The monoisotopic (exact) mass is 274 g/mol. The van der Waals surface area contributed by atoms with Crippen LogP contribution in [-0.2, 0) is 12.8 Å². The second-order valence-corrected chi connectivity index (χ2v) is 4.36. The Balaban J connectivity index is 2.01. The quantitative estimate of drug-likeness (QED) is 0.934. The number of aromatic nitrogens is 1. The van der Waals surface area contributed by atoms with Gasteiger partial charge in [-0.15, -0.1) is 0 Å². The highest BCUT2D eigenvalue weighted by Crippen LogP contribution is 2.30. The fourth-order valence-corrected chi connectivity index (χ4v) is 1.80. The molecule has 0 aliphatic rings. The van der Waals surface area contributed by atoms with E-state index in [0.29, 0.717) is 10.8 Å². The standard InChI is InChI=1S/C11H9F3N2OS/c12-11(13,14)8-1-3-9(4-2-8)17-6-7-5-16-18-10(7)15/h1-5H,6,15H2. The largest absolute Gasteiger partial charge is 0.489 e. The Hall–Kier alpha value is -1.76. The third kappa shape index (κ3) is 2.92. The predicted molar refractivity (Wildman–Crippen MR) is 62.3 cm³/mol. The Labute approximate surface area is 105 Å². The van der Waals surface area contributed by atoms with Crippen molar-refractivity contribution in [2.24, 2.45) is 0 Å². The van der Waals surface area contributed by atoms with Gasteiger partial charge in [-0.25, -0.2) is 0 Å². The van der Waals surface area contributed by atoms with Crippen LogP contribution in [0.2, 0.25) is 0 Å². The molecule has 0 saturated carbocycles. The van der Waals surface area contributed by atoms with Crippen molar-refractivity contribution in [3.8, 4) is 5.75 Å². The van der Waals surface area contributed by atoms with Crippen molar-refractivity contribution in [2.75, 3.05) is 5.73 Å². The Kier molecular flexibility index (Phi) is 3.42. The first kappa shape index (κ1) is 12.7. The van der Waals surface area contributed by atoms with Crippen molar-refractivity contribution in [3.63, 3.8) is 0 Å². The summed E-state index contributed by atoms with van der Waals surface area (Å²) >= 11 is 1.14. The van der Waals surface area contributed by atoms with Gasteiger partial charge < -0.3 is 10.5 Å². The minimum atomic E-state index is -4.33. The van der Waals surface area contributed by atoms with Gasteiger partial charge in [0.25, 0.3) is 0 Å². The molecule has 0 aliphatic heterocycles. The lowest BCUT2D eigenvalue weighted by atomic mass is 10.2. The van der Waals surface area contributed by atoms with Crippen molar-refractivity contribution < 1.29 is 17.9 Å². The maximum absolute atomic E-state index is 12.3. The molecule has 0 aliphatic carbocycles. The fraction of sp³-hybridized carbons (Fsp3) is 0.182. The number of hydrogen-bond donors (Lipinski definition) is 1. The van der Waals surface area contributed by atoms with E-state index in [1.807, 2.05) is 0 Å². The van der Waals surface area contributed by atoms with E-state index in [2.05, 4.69) is 4.37 Å². The van der Waals surface area contributed by atoms with E-state index < -0.39 is 11.7 Å². The Morgan fingerprint density at radius 3 is 2.39 bits per heavy atom. The van der Waals surface area contributed by atoms with E-state index in [4.69, 9.17) is 10.5 Å². The predicted octanol–water partition coefficient (Wildman–Crippen LogP) is 3.32. The second-order valence-electron chi connectivity index (χ2n) is 3.53. The average Bonchev–Trinajstić information content (AvgIpc) is 2.72. The lowest BCUT2D eigenvalue weighted by Crippen LogP contribution is -2.04. The van der Waals surface area contributed by atoms with Gasteiger partial charge in [0, 0.05) is 11.8 Å². The first-order valence-corrected chi connectivity index (χ1v) is 5.73. The van der Waals surface area contributed by atoms with E-state index >= 15 is 0 Å². The third-order valence-electron chi connectivity index (χ3n) is 2.25. The van der Waals surface area contributed by atoms with Gasteiger partial charge in [-0.05, 0) is 35.8 Å². The highest BCUT2D eigenvalue weighted by Gasteiger charge is 2.29. The molecule has 0 unspecified atom stereocenters. The molecular formula is C11H9F3N2OS. The number of nitrogens with zero attached hydrogens (tertiary/aromatic N) is 1. The van der Waals surface area contributed by atoms with Gasteiger partial charge in [-0.2, -0.15) is 17.5 Å². The van der Waals surface area contributed by atoms with Crippen LogP contribution in [0, 0.1) is 0 Å². The van der Waals surface area contributed by atoms with Crippen LogP contribution in [0.15, 0.2) is 30.5 Å². The zero-order chi connectivity index (χ0) is 13.2. The summed E-state index contributed by atoms with van der Waals surface area (Å²) in [4.78, 5) is 0. The number of halogens is 3. The normalized spacial score (nSPS) is 11.5. The van der Waals surface area contributed by atoms with Crippen LogP contribution in [0.4, 0.5) is 18.2 Å². The minimum absolute atomic E-state index is 0.188. The molecule has 0 bridgehead atoms. The first-order chi connectivity index (χ1) is 8.47. The van der Waals surface area contributed by atoms with Crippen molar-refractivity contribution in [2.45, 2.75) is 12.8 Å². The van der Waals surface area contributed by atoms with Crippen molar-refractivity contribution in [1.29, 1.82) is 0 Å². The number of ether oxygens (including phenoxy) is 1. The van der Waals surface area contributed by atoms with E-state index in [1.54, 1.807) is 6.20 Å². The molecule has 0 spiro atoms. The smallest absolute Gasteiger partial charge is 0.416 e. The zero-order valence-corrected chi connectivity index (χ0v) is 9.89. The molecule has 2 rings (SSSR count). The Morgan fingerprint density at radius 1 is 1.22 bits per heavy atom. The van der Waals surface area contributed by atoms with Crippen molar-refractivity contribution in [3.05, 3.63) is 41.6 Å². The lowest BCUT2D eigenvalue weighted by molar-refractivity contribution is -0.137. The van der Waals surface area contributed by atoms with Gasteiger partial charge in [-0.3, -0.25) is 0 Å². The van der Waals surface area contributed by atoms with Crippen LogP contribution in [0.25, 0.3) is 0 Å². The first-order valence-electron chi connectivity index (χ1n) is 4.96. The molecule has 3 nitrogen and oxygen atoms in total. The topological polar surface area (TPSA) is 48.1 Å². The number of benzene rings is 1. The van der Waals surface area contributed by atoms with Gasteiger partial charge in [-0.1, -0.05) is 0 Å². The SMILES string of the molecule is Nc1sncc1COc1ccc(C(F)(F)F)cc1. The molecule has 0 radical (unpaired) electrons. The van der Waals surface area contributed by atoms with Gasteiger partial charge >= 0.3 is 6.18 Å². The molecule has 0 atom stereocenters. The lowest BCUT2D eigenvalue weighted by Gasteiger charge is -2.08. The van der Waals surface area contributed by atoms with Crippen LogP contribution in [0.3, 0.4) is 0 Å². The molecule has 2 N–H and O–H groups in total. The molecular weight excluding hydrogens is 265 g/mol. The van der Waals surface area contributed by atoms with Crippen molar-refractivity contribution >= 4 is 16.5 Å². The van der Waals surface area contributed by atoms with Crippen LogP contribution in [0.1, 0.15) is 11.1 Å². The molecule has 7 heteroatoms. The summed E-state index contributed by atoms with van der Waals surface area (Å²) in [5.41, 5.74) is 5.63. The number of alkyl halides is 3. The molecule has 0 fully saturated rings. The van der Waals surface area contributed by atoms with E-state index in [0.717, 1.165) is 29.2 Å². The average molecular weight is 274 g/mol. The summed E-state index contributed by atoms with van der Waals surface area (Å²) < 4.78 is 46.1. The van der Waals surface area contributed by atoms with Gasteiger partial charge in [0.2, 0.25) is 0 Å². The molecule has 96 valence electrons. The molecule has 2 aromatic rings. The number of nitrogens with two attached hydrogens (primary N) is 1. The van der Waals surface area contributed by atoms with Crippen LogP contribution >= 0.6 is 11.5 Å². The van der Waals surface area contributed by atoms with E-state index in [9.17, 15) is 13.2 Å². The Morgan fingerprint density at radius 2 is 1.89 bits per heavy atom. The van der Waals surface area contributed by atoms with E-state index in [1.165, 1.54) is 12.1 Å². The number of hydrogen-bond acceptors (Lipinski definition) is 4. The summed E-state index contributed by atoms with van der Waals surface area (Å²) in [5, 5.41) is 0.543. The van der Waals surface area contributed by atoms with Gasteiger partial charge in [0.1, 0.15) is 17.4 Å². The third-order valence-corrected chi connectivity index (χ3v) is 2.92. The number of rotatable bonds is 3. The molecule has 1 aromatic carbocycles. The zero-order valence-electron chi connectivity index (χ0n) is 9.07. The summed E-state index contributed by atoms with van der Waals surface area (Å²) in [5.74, 6) is 0.355. The van der Waals surface area contributed by atoms with Gasteiger partial charge in [0.15, 0.2) is 0 Å². The Bertz CT molecular complexity index is 522. The number of anilines is 1. The second kappa shape index (κ2) is 4.85. The fourth-order valence-electron chi connectivity index (χ4n) is 1.28. The highest BCUT2D eigenvalue weighted by molar-refractivity contribution is 7.10. The van der Waals surface area contributed by atoms with Crippen LogP contribution < -0.4 is 10.5 Å². The summed E-state index contributed by atoms with van der Waals surface area (Å²) in [6.07, 6.45) is -2.76. The summed E-state index contributed by atoms with van der Waals surface area (Å²) in [6, 6.07) is 4.51. The van der Waals surface area contributed by atoms with Gasteiger partial charge in [0.05, 0.1) is 5.56 Å². The highest BCUT2D eigenvalue weighted by atomic mass is 32.1. The van der Waals surface area contributed by atoms with Crippen molar-refractivity contribution in [1.82, 2.24) is 4.37 Å². The molecule has 0 amide bonds. The molecule has 1 aromatic heterocycles. The summed E-state index contributed by atoms with van der Waals surface area (Å²) in [6.45, 7) is 0.188.